The third-order valence-electron chi connectivity index (χ3n) is 4.21. The topological polar surface area (TPSA) is 66.3 Å². The van der Waals surface area contributed by atoms with Crippen molar-refractivity contribution in [3.63, 3.8) is 0 Å². The van der Waals surface area contributed by atoms with Gasteiger partial charge in [-0.25, -0.2) is 0 Å². The van der Waals surface area contributed by atoms with Crippen LogP contribution in [0.25, 0.3) is 0 Å². The number of Topliss-reactive ketones (excluding diaryl/α,β-unsaturated/α-hetero) is 1. The van der Waals surface area contributed by atoms with Crippen molar-refractivity contribution in [3.05, 3.63) is 77.0 Å². The van der Waals surface area contributed by atoms with E-state index in [1.165, 1.54) is 6.92 Å². The van der Waals surface area contributed by atoms with Crippen molar-refractivity contribution in [2.75, 3.05) is 4.90 Å². The van der Waals surface area contributed by atoms with E-state index in [9.17, 15) is 9.59 Å². The lowest BCUT2D eigenvalue weighted by atomic mass is 10.1. The average molecular weight is 336 g/mol. The Morgan fingerprint density at radius 3 is 2.36 bits per heavy atom. The van der Waals surface area contributed by atoms with Crippen LogP contribution in [0.4, 0.5) is 5.69 Å². The van der Waals surface area contributed by atoms with E-state index in [0.717, 1.165) is 5.69 Å². The zero-order chi connectivity index (χ0) is 18.0. The average Bonchev–Trinajstić information content (AvgIpc) is 3.20. The molecule has 0 saturated carbocycles. The molecule has 1 amide bonds. The maximum Gasteiger partial charge on any atom is 0.275 e. The molecule has 25 heavy (non-hydrogen) atoms. The van der Waals surface area contributed by atoms with Gasteiger partial charge in [0.15, 0.2) is 5.78 Å². The number of nitrogens with zero attached hydrogens (tertiary/aromatic N) is 1. The van der Waals surface area contributed by atoms with Crippen LogP contribution in [0, 0.1) is 13.8 Å². The summed E-state index contributed by atoms with van der Waals surface area (Å²) in [6.45, 7) is 5.42. The van der Waals surface area contributed by atoms with Gasteiger partial charge in [-0.1, -0.05) is 18.2 Å². The number of carbonyl (C=O) groups is 2. The highest BCUT2D eigenvalue weighted by Crippen LogP contribution is 2.24. The van der Waals surface area contributed by atoms with E-state index in [4.69, 9.17) is 4.42 Å². The van der Waals surface area contributed by atoms with Crippen LogP contribution in [0.5, 0.6) is 0 Å². The summed E-state index contributed by atoms with van der Waals surface area (Å²) < 4.78 is 5.41. The van der Waals surface area contributed by atoms with Crippen LogP contribution in [-0.2, 0) is 6.54 Å². The lowest BCUT2D eigenvalue weighted by Crippen LogP contribution is -2.31. The molecule has 0 unspecified atom stereocenters. The molecule has 0 aliphatic carbocycles. The fourth-order valence-corrected chi connectivity index (χ4v) is 3.07. The molecular formula is C20H20N2O3. The number of ketones is 1. The molecule has 5 heteroatoms. The predicted octanol–water partition coefficient (Wildman–Crippen LogP) is 4.27. The Bertz CT molecular complexity index is 893. The van der Waals surface area contributed by atoms with E-state index in [1.54, 1.807) is 31.1 Å². The first-order valence-electron chi connectivity index (χ1n) is 8.08. The highest BCUT2D eigenvalue weighted by molar-refractivity contribution is 6.08. The monoisotopic (exact) mass is 336 g/mol. The number of rotatable bonds is 5. The molecule has 5 nitrogen and oxygen atoms in total. The highest BCUT2D eigenvalue weighted by Gasteiger charge is 2.25. The Balaban J connectivity index is 2.03. The van der Waals surface area contributed by atoms with E-state index >= 15 is 0 Å². The molecule has 0 spiro atoms. The normalized spacial score (nSPS) is 10.7. The van der Waals surface area contributed by atoms with Crippen molar-refractivity contribution in [3.8, 4) is 0 Å². The van der Waals surface area contributed by atoms with Gasteiger partial charge in [0, 0.05) is 16.9 Å². The highest BCUT2D eigenvalue weighted by atomic mass is 16.3. The van der Waals surface area contributed by atoms with E-state index in [2.05, 4.69) is 4.98 Å². The zero-order valence-corrected chi connectivity index (χ0v) is 14.5. The molecule has 0 bridgehead atoms. The molecule has 128 valence electrons. The minimum absolute atomic E-state index is 0.0532. The first kappa shape index (κ1) is 16.8. The predicted molar refractivity (Wildman–Crippen MR) is 95.9 cm³/mol. The minimum atomic E-state index is -0.198. The van der Waals surface area contributed by atoms with Gasteiger partial charge >= 0.3 is 0 Å². The van der Waals surface area contributed by atoms with Gasteiger partial charge in [-0.05, 0) is 50.6 Å². The summed E-state index contributed by atoms with van der Waals surface area (Å²) in [6, 6.07) is 13.0. The smallest absolute Gasteiger partial charge is 0.275 e. The molecule has 0 aliphatic rings. The summed E-state index contributed by atoms with van der Waals surface area (Å²) in [5.41, 5.74) is 3.15. The second-order valence-electron chi connectivity index (χ2n) is 5.99. The molecule has 3 rings (SSSR count). The second kappa shape index (κ2) is 6.81. The Kier molecular flexibility index (Phi) is 4.57. The quantitative estimate of drug-likeness (QED) is 0.707. The third-order valence-corrected chi connectivity index (χ3v) is 4.21. The van der Waals surface area contributed by atoms with Crippen molar-refractivity contribution in [1.29, 1.82) is 0 Å². The van der Waals surface area contributed by atoms with Gasteiger partial charge in [-0.2, -0.15) is 0 Å². The molecule has 2 aromatic heterocycles. The fraction of sp³-hybridized carbons (Fsp3) is 0.200. The summed E-state index contributed by atoms with van der Waals surface area (Å²) in [5.74, 6) is 0.434. The number of amides is 1. The minimum Gasteiger partial charge on any atom is -0.467 e. The van der Waals surface area contributed by atoms with Gasteiger partial charge in [0.1, 0.15) is 11.5 Å². The molecule has 0 radical (unpaired) electrons. The summed E-state index contributed by atoms with van der Waals surface area (Å²) in [6.07, 6.45) is 1.58. The van der Waals surface area contributed by atoms with Gasteiger partial charge in [0.25, 0.3) is 5.91 Å². The molecule has 3 aromatic rings. The summed E-state index contributed by atoms with van der Waals surface area (Å²) in [7, 11) is 0. The lowest BCUT2D eigenvalue weighted by molar-refractivity contribution is 0.0978. The van der Waals surface area contributed by atoms with Crippen molar-refractivity contribution in [2.45, 2.75) is 27.3 Å². The number of hydrogen-bond donors (Lipinski definition) is 1. The van der Waals surface area contributed by atoms with Crippen LogP contribution in [0.3, 0.4) is 0 Å². The number of anilines is 1. The van der Waals surface area contributed by atoms with E-state index in [-0.39, 0.29) is 11.7 Å². The molecule has 0 aliphatic heterocycles. The number of H-pyrrole nitrogens is 1. The largest absolute Gasteiger partial charge is 0.467 e. The maximum absolute atomic E-state index is 13.2. The SMILES string of the molecule is CC(=O)c1c(C)[nH]c(C(=O)N(Cc2ccco2)c2ccccc2)c1C. The Morgan fingerprint density at radius 2 is 1.80 bits per heavy atom. The van der Waals surface area contributed by atoms with Crippen molar-refractivity contribution in [1.82, 2.24) is 4.98 Å². The summed E-state index contributed by atoms with van der Waals surface area (Å²) in [4.78, 5) is 29.8. The number of benzene rings is 1. The van der Waals surface area contributed by atoms with Crippen LogP contribution < -0.4 is 4.90 Å². The molecule has 2 heterocycles. The molecule has 1 aromatic carbocycles. The third kappa shape index (κ3) is 3.26. The molecule has 0 atom stereocenters. The van der Waals surface area contributed by atoms with Crippen LogP contribution in [0.15, 0.2) is 53.1 Å². The van der Waals surface area contributed by atoms with Gasteiger partial charge < -0.3 is 9.40 Å². The fourth-order valence-electron chi connectivity index (χ4n) is 3.07. The number of aromatic nitrogens is 1. The van der Waals surface area contributed by atoms with Crippen LogP contribution in [-0.4, -0.2) is 16.7 Å². The van der Waals surface area contributed by atoms with Gasteiger partial charge in [-0.3, -0.25) is 14.5 Å². The first-order chi connectivity index (χ1) is 12.0. The standard InChI is InChI=1S/C20H20N2O3/c1-13-18(15(3)23)14(2)21-19(13)20(24)22(12-17-10-7-11-25-17)16-8-5-4-6-9-16/h4-11,21H,12H2,1-3H3. The number of aromatic amines is 1. The van der Waals surface area contributed by atoms with E-state index < -0.39 is 0 Å². The van der Waals surface area contributed by atoms with Crippen LogP contribution in [0.2, 0.25) is 0 Å². The van der Waals surface area contributed by atoms with Crippen LogP contribution in [0.1, 0.15) is 44.8 Å². The zero-order valence-electron chi connectivity index (χ0n) is 14.5. The number of para-hydroxylation sites is 1. The van der Waals surface area contributed by atoms with Crippen molar-refractivity contribution < 1.29 is 14.0 Å². The molecule has 0 fully saturated rings. The molecule has 1 N–H and O–H groups in total. The number of nitrogens with one attached hydrogen (secondary N) is 1. The van der Waals surface area contributed by atoms with Gasteiger partial charge in [0.2, 0.25) is 0 Å². The summed E-state index contributed by atoms with van der Waals surface area (Å²) >= 11 is 0. The van der Waals surface area contributed by atoms with Crippen molar-refractivity contribution >= 4 is 17.4 Å². The van der Waals surface area contributed by atoms with Crippen molar-refractivity contribution in [2.24, 2.45) is 0 Å². The van der Waals surface area contributed by atoms with E-state index in [1.807, 2.05) is 36.4 Å². The summed E-state index contributed by atoms with van der Waals surface area (Å²) in [5, 5.41) is 0. The molecular weight excluding hydrogens is 316 g/mol. The van der Waals surface area contributed by atoms with Gasteiger partial charge in [0.05, 0.1) is 12.8 Å². The van der Waals surface area contributed by atoms with Gasteiger partial charge in [-0.15, -0.1) is 0 Å². The second-order valence-corrected chi connectivity index (χ2v) is 5.99. The lowest BCUT2D eigenvalue weighted by Gasteiger charge is -2.21. The Morgan fingerprint density at radius 1 is 1.08 bits per heavy atom. The van der Waals surface area contributed by atoms with Crippen LogP contribution >= 0.6 is 0 Å². The first-order valence-corrected chi connectivity index (χ1v) is 8.08. The van der Waals surface area contributed by atoms with E-state index in [0.29, 0.717) is 34.8 Å². The number of hydrogen-bond acceptors (Lipinski definition) is 3. The Hall–Kier alpha value is -3.08. The molecule has 0 saturated heterocycles. The number of carbonyl (C=O) groups excluding carboxylic acids is 2. The maximum atomic E-state index is 13.2. The Labute approximate surface area is 146 Å². The number of aryl methyl sites for hydroxylation is 1. The number of furan rings is 1.